The van der Waals surface area contributed by atoms with Crippen LogP contribution in [0.4, 0.5) is 0 Å². The molecule has 136 valence electrons. The van der Waals surface area contributed by atoms with E-state index in [1.165, 1.54) is 36.2 Å². The second kappa shape index (κ2) is 11.4. The van der Waals surface area contributed by atoms with Gasteiger partial charge in [-0.05, 0) is 55.5 Å². The van der Waals surface area contributed by atoms with E-state index in [0.717, 1.165) is 0 Å². The van der Waals surface area contributed by atoms with Crippen molar-refractivity contribution >= 4 is 16.5 Å². The standard InChI is InChI=1S/C18H33P.H3O3P/c1-4-10-16(11-5-1)19(17-12-6-2-7-13-17)18-14-8-3-9-15-18;1-4(2)3/h16-18H,1-15H2;1-3H. The molecule has 3 rings (SSSR count). The van der Waals surface area contributed by atoms with Crippen LogP contribution in [0, 0.1) is 0 Å². The molecular formula is C18H36O3P2. The quantitative estimate of drug-likeness (QED) is 0.568. The largest absolute Gasteiger partial charge is 0.328 e. The van der Waals surface area contributed by atoms with Crippen LogP contribution in [0.5, 0.6) is 0 Å². The van der Waals surface area contributed by atoms with E-state index < -0.39 is 8.60 Å². The topological polar surface area (TPSA) is 60.7 Å². The maximum atomic E-state index is 7.23. The highest BCUT2D eigenvalue weighted by Gasteiger charge is 2.36. The summed E-state index contributed by atoms with van der Waals surface area (Å²) in [6.45, 7) is 0. The molecule has 3 aliphatic carbocycles. The minimum atomic E-state index is -2.62. The summed E-state index contributed by atoms with van der Waals surface area (Å²) in [5.41, 5.74) is 3.57. The van der Waals surface area contributed by atoms with E-state index in [-0.39, 0.29) is 0 Å². The van der Waals surface area contributed by atoms with Crippen LogP contribution in [-0.4, -0.2) is 31.7 Å². The van der Waals surface area contributed by atoms with Crippen molar-refractivity contribution < 1.29 is 14.7 Å². The van der Waals surface area contributed by atoms with E-state index in [9.17, 15) is 0 Å². The Hall–Kier alpha value is 0.740. The summed E-state index contributed by atoms with van der Waals surface area (Å²) in [7, 11) is -2.24. The van der Waals surface area contributed by atoms with E-state index in [4.69, 9.17) is 14.7 Å². The van der Waals surface area contributed by atoms with Crippen LogP contribution in [0.3, 0.4) is 0 Å². The van der Waals surface area contributed by atoms with Gasteiger partial charge in [0.05, 0.1) is 0 Å². The maximum absolute atomic E-state index is 7.23. The Morgan fingerprint density at radius 3 is 0.870 bits per heavy atom. The minimum absolute atomic E-state index is 0.385. The van der Waals surface area contributed by atoms with Crippen molar-refractivity contribution in [1.82, 2.24) is 0 Å². The number of hydrogen-bond donors (Lipinski definition) is 3. The molecule has 0 bridgehead atoms. The van der Waals surface area contributed by atoms with Gasteiger partial charge < -0.3 is 14.7 Å². The van der Waals surface area contributed by atoms with Gasteiger partial charge in [0.25, 0.3) is 0 Å². The molecule has 0 spiro atoms. The zero-order chi connectivity index (χ0) is 16.5. The molecule has 3 aliphatic rings. The molecule has 0 aliphatic heterocycles. The molecule has 0 atom stereocenters. The van der Waals surface area contributed by atoms with Crippen LogP contribution in [-0.2, 0) is 0 Å². The van der Waals surface area contributed by atoms with Gasteiger partial charge >= 0.3 is 8.60 Å². The van der Waals surface area contributed by atoms with E-state index in [1.54, 1.807) is 77.0 Å². The molecule has 0 saturated heterocycles. The summed E-state index contributed by atoms with van der Waals surface area (Å²) in [6.07, 6.45) is 23.6. The van der Waals surface area contributed by atoms with Crippen molar-refractivity contribution in [1.29, 1.82) is 0 Å². The predicted molar refractivity (Wildman–Crippen MR) is 101 cm³/mol. The van der Waals surface area contributed by atoms with Crippen molar-refractivity contribution in [3.8, 4) is 0 Å². The van der Waals surface area contributed by atoms with Gasteiger partial charge in [-0.3, -0.25) is 0 Å². The molecule has 0 amide bonds. The highest BCUT2D eigenvalue weighted by Crippen LogP contribution is 2.61. The average Bonchev–Trinajstić information content (AvgIpc) is 2.58. The first-order valence-corrected chi connectivity index (χ1v) is 12.6. The minimum Gasteiger partial charge on any atom is -0.328 e. The fourth-order valence-corrected chi connectivity index (χ4v) is 9.71. The van der Waals surface area contributed by atoms with Crippen LogP contribution >= 0.6 is 16.5 Å². The summed E-state index contributed by atoms with van der Waals surface area (Å²) in [5, 5.41) is 0. The van der Waals surface area contributed by atoms with Gasteiger partial charge in [0.2, 0.25) is 0 Å². The monoisotopic (exact) mass is 362 g/mol. The van der Waals surface area contributed by atoms with Gasteiger partial charge in [-0.25, -0.2) is 0 Å². The second-order valence-corrected chi connectivity index (χ2v) is 11.2. The fourth-order valence-electron chi connectivity index (χ4n) is 5.03. The molecule has 23 heavy (non-hydrogen) atoms. The Bertz CT molecular complexity index is 251. The molecule has 0 heterocycles. The van der Waals surface area contributed by atoms with Crippen molar-refractivity contribution in [3.05, 3.63) is 0 Å². The van der Waals surface area contributed by atoms with Gasteiger partial charge in [0, 0.05) is 0 Å². The molecule has 0 radical (unpaired) electrons. The molecule has 3 fully saturated rings. The first-order valence-electron chi connectivity index (χ1n) is 9.82. The van der Waals surface area contributed by atoms with E-state index in [0.29, 0.717) is 7.92 Å². The summed E-state index contributed by atoms with van der Waals surface area (Å²) in [4.78, 5) is 21.7. The smallest absolute Gasteiger partial charge is 0.324 e. The van der Waals surface area contributed by atoms with Crippen molar-refractivity contribution in [2.45, 2.75) is 113 Å². The molecule has 0 aromatic rings. The van der Waals surface area contributed by atoms with Crippen LogP contribution < -0.4 is 0 Å². The third-order valence-corrected chi connectivity index (χ3v) is 10.1. The zero-order valence-corrected chi connectivity index (χ0v) is 16.4. The third kappa shape index (κ3) is 7.25. The molecule has 3 N–H and O–H groups in total. The third-order valence-electron chi connectivity index (χ3n) is 5.99. The summed E-state index contributed by atoms with van der Waals surface area (Å²) in [5.74, 6) is 0. The van der Waals surface area contributed by atoms with E-state index in [1.807, 2.05) is 0 Å². The van der Waals surface area contributed by atoms with Crippen LogP contribution in [0.1, 0.15) is 96.3 Å². The lowest BCUT2D eigenvalue weighted by Gasteiger charge is -2.44. The second-order valence-electron chi connectivity index (χ2n) is 7.59. The molecule has 3 saturated carbocycles. The lowest BCUT2D eigenvalue weighted by molar-refractivity contribution is 0.368. The first-order chi connectivity index (χ1) is 11.2. The first kappa shape index (κ1) is 20.1. The number of hydrogen-bond acceptors (Lipinski definition) is 3. The highest BCUT2D eigenvalue weighted by atomic mass is 31.2. The predicted octanol–water partition coefficient (Wildman–Crippen LogP) is 5.66. The Morgan fingerprint density at radius 1 is 0.435 bits per heavy atom. The van der Waals surface area contributed by atoms with E-state index >= 15 is 0 Å². The van der Waals surface area contributed by atoms with Crippen molar-refractivity contribution in [2.75, 3.05) is 0 Å². The van der Waals surface area contributed by atoms with E-state index in [2.05, 4.69) is 0 Å². The van der Waals surface area contributed by atoms with Gasteiger partial charge in [-0.15, -0.1) is 0 Å². The number of rotatable bonds is 3. The zero-order valence-electron chi connectivity index (χ0n) is 14.6. The molecule has 5 heteroatoms. The lowest BCUT2D eigenvalue weighted by Crippen LogP contribution is -2.28. The SMILES string of the molecule is C1CCC(P(C2CCCCC2)C2CCCCC2)CC1.OP(O)O. The van der Waals surface area contributed by atoms with Crippen LogP contribution in [0.25, 0.3) is 0 Å². The molecule has 3 nitrogen and oxygen atoms in total. The van der Waals surface area contributed by atoms with Crippen LogP contribution in [0.15, 0.2) is 0 Å². The van der Waals surface area contributed by atoms with Crippen molar-refractivity contribution in [3.63, 3.8) is 0 Å². The highest BCUT2D eigenvalue weighted by molar-refractivity contribution is 7.60. The maximum Gasteiger partial charge on any atom is 0.324 e. The van der Waals surface area contributed by atoms with Gasteiger partial charge in [0.1, 0.15) is 0 Å². The van der Waals surface area contributed by atoms with Gasteiger partial charge in [-0.2, -0.15) is 0 Å². The molecule has 0 unspecified atom stereocenters. The summed E-state index contributed by atoms with van der Waals surface area (Å²) < 4.78 is 0. The Labute approximate surface area is 145 Å². The summed E-state index contributed by atoms with van der Waals surface area (Å²) in [6, 6.07) is 0. The normalized spacial score (nSPS) is 25.4. The summed E-state index contributed by atoms with van der Waals surface area (Å²) >= 11 is 0. The lowest BCUT2D eigenvalue weighted by atomic mass is 9.99. The van der Waals surface area contributed by atoms with Crippen molar-refractivity contribution in [2.24, 2.45) is 0 Å². The molecular weight excluding hydrogens is 326 g/mol. The van der Waals surface area contributed by atoms with Gasteiger partial charge in [-0.1, -0.05) is 65.7 Å². The fraction of sp³-hybridized carbons (Fsp3) is 1.00. The van der Waals surface area contributed by atoms with Gasteiger partial charge in [0.15, 0.2) is 0 Å². The molecule has 0 aromatic carbocycles. The average molecular weight is 362 g/mol. The van der Waals surface area contributed by atoms with Crippen LogP contribution in [0.2, 0.25) is 0 Å². The molecule has 0 aromatic heterocycles. The Balaban J connectivity index is 0.000000433. The Kier molecular flexibility index (Phi) is 9.92. The Morgan fingerprint density at radius 2 is 0.652 bits per heavy atom.